The number of carbonyl (C=O) groups is 3. The molecule has 2 N–H and O–H groups in total. The fraction of sp³-hybridized carbons (Fsp3) is 0.444. The summed E-state index contributed by atoms with van der Waals surface area (Å²) in [4.78, 5) is 42.4. The van der Waals surface area contributed by atoms with Gasteiger partial charge >= 0.3 is 0 Å². The van der Waals surface area contributed by atoms with Gasteiger partial charge in [-0.2, -0.15) is 0 Å². The number of allylic oxidation sites excluding steroid dienone is 2. The van der Waals surface area contributed by atoms with Gasteiger partial charge in [0.05, 0.1) is 21.9 Å². The topological polar surface area (TPSA) is 91.4 Å². The maximum Gasteiger partial charge on any atom is 0.240 e. The number of rotatable bonds is 6. The van der Waals surface area contributed by atoms with Gasteiger partial charge in [0.25, 0.3) is 0 Å². The summed E-state index contributed by atoms with van der Waals surface area (Å²) in [7, 11) is 0. The number of imide groups is 1. The van der Waals surface area contributed by atoms with Crippen LogP contribution in [0.4, 0.5) is 5.82 Å². The molecule has 1 aromatic rings. The van der Waals surface area contributed by atoms with Gasteiger partial charge in [-0.05, 0) is 24.3 Å². The van der Waals surface area contributed by atoms with Crippen molar-refractivity contribution in [1.29, 1.82) is 0 Å². The van der Waals surface area contributed by atoms with Crippen LogP contribution in [-0.2, 0) is 14.4 Å². The Morgan fingerprint density at radius 1 is 1.15 bits per heavy atom. The average molecular weight is 409 g/mol. The van der Waals surface area contributed by atoms with Crippen LogP contribution in [0.25, 0.3) is 0 Å². The molecule has 2 aliphatic carbocycles. The molecule has 3 amide bonds. The van der Waals surface area contributed by atoms with Crippen molar-refractivity contribution in [2.75, 3.05) is 25.0 Å². The van der Waals surface area contributed by atoms with Crippen molar-refractivity contribution >= 4 is 46.7 Å². The number of hydrogen-bond donors (Lipinski definition) is 2. The van der Waals surface area contributed by atoms with Crippen LogP contribution in [0.5, 0.6) is 0 Å². The number of fused-ring (bicyclic) bond motifs is 5. The van der Waals surface area contributed by atoms with Crippen molar-refractivity contribution in [3.63, 3.8) is 0 Å². The van der Waals surface area contributed by atoms with Gasteiger partial charge in [-0.1, -0.05) is 35.4 Å². The number of halogens is 2. The minimum Gasteiger partial charge on any atom is -0.367 e. The molecule has 4 unspecified atom stereocenters. The van der Waals surface area contributed by atoms with E-state index in [0.29, 0.717) is 29.0 Å². The molecule has 2 heterocycles. The van der Waals surface area contributed by atoms with Crippen LogP contribution in [0.1, 0.15) is 6.42 Å². The van der Waals surface area contributed by atoms with Crippen molar-refractivity contribution in [3.8, 4) is 0 Å². The predicted octanol–water partition coefficient (Wildman–Crippen LogP) is 1.72. The Hall–Kier alpha value is -2.12. The minimum absolute atomic E-state index is 0.144. The summed E-state index contributed by atoms with van der Waals surface area (Å²) < 4.78 is 0. The van der Waals surface area contributed by atoms with Gasteiger partial charge in [-0.25, -0.2) is 4.98 Å². The molecular formula is C18H18Cl2N4O3. The molecule has 1 saturated carbocycles. The largest absolute Gasteiger partial charge is 0.367 e. The Kier molecular flexibility index (Phi) is 4.82. The first kappa shape index (κ1) is 18.3. The third-order valence-electron chi connectivity index (χ3n) is 5.41. The predicted molar refractivity (Wildman–Crippen MR) is 100 cm³/mol. The summed E-state index contributed by atoms with van der Waals surface area (Å²) >= 11 is 11.8. The van der Waals surface area contributed by atoms with Crippen molar-refractivity contribution in [3.05, 3.63) is 34.5 Å². The van der Waals surface area contributed by atoms with E-state index < -0.39 is 0 Å². The summed E-state index contributed by atoms with van der Waals surface area (Å²) in [5.41, 5.74) is 0. The van der Waals surface area contributed by atoms with Gasteiger partial charge in [-0.15, -0.1) is 0 Å². The zero-order valence-electron chi connectivity index (χ0n) is 14.3. The van der Waals surface area contributed by atoms with Gasteiger partial charge in [0, 0.05) is 19.3 Å². The lowest BCUT2D eigenvalue weighted by molar-refractivity contribution is -0.144. The Morgan fingerprint density at radius 3 is 2.44 bits per heavy atom. The smallest absolute Gasteiger partial charge is 0.240 e. The van der Waals surface area contributed by atoms with Gasteiger partial charge in [0.1, 0.15) is 12.4 Å². The molecule has 1 aliphatic heterocycles. The third kappa shape index (κ3) is 3.30. The first-order chi connectivity index (χ1) is 13.0. The van der Waals surface area contributed by atoms with Gasteiger partial charge in [0.2, 0.25) is 17.7 Å². The molecule has 3 aliphatic rings. The second-order valence-electron chi connectivity index (χ2n) is 7.02. The summed E-state index contributed by atoms with van der Waals surface area (Å²) in [5, 5.41) is 6.51. The summed E-state index contributed by atoms with van der Waals surface area (Å²) in [6.07, 6.45) is 6.40. The van der Waals surface area contributed by atoms with Crippen LogP contribution in [0.15, 0.2) is 24.4 Å². The number of anilines is 1. The maximum absolute atomic E-state index is 12.5. The Balaban J connectivity index is 1.25. The lowest BCUT2D eigenvalue weighted by atomic mass is 9.85. The lowest BCUT2D eigenvalue weighted by Gasteiger charge is -2.17. The van der Waals surface area contributed by atoms with E-state index >= 15 is 0 Å². The number of nitrogens with zero attached hydrogens (tertiary/aromatic N) is 2. The van der Waals surface area contributed by atoms with E-state index in [-0.39, 0.29) is 47.9 Å². The highest BCUT2D eigenvalue weighted by Gasteiger charge is 2.59. The molecule has 142 valence electrons. The van der Waals surface area contributed by atoms with Crippen LogP contribution in [-0.4, -0.2) is 47.2 Å². The number of aromatic nitrogens is 1. The van der Waals surface area contributed by atoms with Crippen LogP contribution in [0.2, 0.25) is 10.0 Å². The second kappa shape index (κ2) is 7.13. The van der Waals surface area contributed by atoms with Crippen molar-refractivity contribution in [2.24, 2.45) is 23.7 Å². The molecule has 4 rings (SSSR count). The highest BCUT2D eigenvalue weighted by atomic mass is 35.5. The highest BCUT2D eigenvalue weighted by Crippen LogP contribution is 2.52. The first-order valence-corrected chi connectivity index (χ1v) is 9.56. The molecule has 4 atom stereocenters. The molecule has 27 heavy (non-hydrogen) atoms. The number of nitrogens with one attached hydrogen (secondary N) is 2. The van der Waals surface area contributed by atoms with Crippen LogP contribution >= 0.6 is 23.2 Å². The molecule has 7 nitrogen and oxygen atoms in total. The van der Waals surface area contributed by atoms with Gasteiger partial charge in [-0.3, -0.25) is 19.3 Å². The summed E-state index contributed by atoms with van der Waals surface area (Å²) in [6, 6.07) is 1.57. The molecule has 1 saturated heterocycles. The van der Waals surface area contributed by atoms with E-state index in [4.69, 9.17) is 23.2 Å². The van der Waals surface area contributed by atoms with Gasteiger partial charge in [0.15, 0.2) is 0 Å². The lowest BCUT2D eigenvalue weighted by Crippen LogP contribution is -2.42. The van der Waals surface area contributed by atoms with E-state index in [0.717, 1.165) is 11.3 Å². The maximum atomic E-state index is 12.5. The van der Waals surface area contributed by atoms with E-state index in [1.807, 2.05) is 12.2 Å². The molecule has 2 bridgehead atoms. The molecular weight excluding hydrogens is 391 g/mol. The zero-order valence-corrected chi connectivity index (χ0v) is 15.8. The van der Waals surface area contributed by atoms with Crippen molar-refractivity contribution in [1.82, 2.24) is 15.2 Å². The normalized spacial score (nSPS) is 28.0. The molecule has 0 radical (unpaired) electrons. The fourth-order valence-corrected chi connectivity index (χ4v) is 4.69. The number of hydrogen-bond acceptors (Lipinski definition) is 5. The van der Waals surface area contributed by atoms with E-state index in [1.165, 1.54) is 6.20 Å². The fourth-order valence-electron chi connectivity index (χ4n) is 4.25. The molecule has 2 fully saturated rings. The van der Waals surface area contributed by atoms with Gasteiger partial charge < -0.3 is 10.6 Å². The van der Waals surface area contributed by atoms with E-state index in [9.17, 15) is 14.4 Å². The summed E-state index contributed by atoms with van der Waals surface area (Å²) in [5.74, 6) is -0.597. The number of likely N-dealkylation sites (tertiary alicyclic amines) is 1. The Bertz CT molecular complexity index is 814. The standard InChI is InChI=1S/C18H18Cl2N4O3/c19-11-6-12(20)16(23-7-11)22-4-3-21-13(25)8-24-17(26)14-9-1-2-10(5-9)15(14)18(24)27/h1-2,6-7,9-10,14-15H,3-5,8H2,(H,21,25)(H,22,23). The molecule has 1 aromatic heterocycles. The quantitative estimate of drug-likeness (QED) is 0.424. The molecule has 0 spiro atoms. The first-order valence-electron chi connectivity index (χ1n) is 8.81. The number of amides is 3. The Morgan fingerprint density at radius 2 is 1.81 bits per heavy atom. The highest BCUT2D eigenvalue weighted by molar-refractivity contribution is 6.35. The SMILES string of the molecule is O=C(CN1C(=O)C2C3C=CC(C3)C2C1=O)NCCNc1ncc(Cl)cc1Cl. The minimum atomic E-state index is -0.367. The monoisotopic (exact) mass is 408 g/mol. The van der Waals surface area contributed by atoms with Crippen LogP contribution < -0.4 is 10.6 Å². The van der Waals surface area contributed by atoms with Crippen LogP contribution in [0, 0.1) is 23.7 Å². The summed E-state index contributed by atoms with van der Waals surface area (Å²) in [6.45, 7) is 0.459. The third-order valence-corrected chi connectivity index (χ3v) is 5.91. The second-order valence-corrected chi connectivity index (χ2v) is 7.87. The van der Waals surface area contributed by atoms with E-state index in [1.54, 1.807) is 6.07 Å². The van der Waals surface area contributed by atoms with Crippen LogP contribution in [0.3, 0.4) is 0 Å². The van der Waals surface area contributed by atoms with E-state index in [2.05, 4.69) is 15.6 Å². The zero-order chi connectivity index (χ0) is 19.1. The number of pyridine rings is 1. The molecule has 0 aromatic carbocycles. The van der Waals surface area contributed by atoms with Crippen molar-refractivity contribution in [2.45, 2.75) is 6.42 Å². The average Bonchev–Trinajstić information content (AvgIpc) is 3.30. The molecule has 9 heteroatoms. The van der Waals surface area contributed by atoms with Crippen molar-refractivity contribution < 1.29 is 14.4 Å². The Labute approximate surface area is 166 Å². The number of carbonyl (C=O) groups excluding carboxylic acids is 3.